The molecule has 0 unspecified atom stereocenters. The van der Waals surface area contributed by atoms with Crippen molar-refractivity contribution in [2.75, 3.05) is 42.6 Å². The topological polar surface area (TPSA) is 84.4 Å². The molecule has 3 aliphatic rings. The van der Waals surface area contributed by atoms with Gasteiger partial charge in [-0.2, -0.15) is 0 Å². The summed E-state index contributed by atoms with van der Waals surface area (Å²) < 4.78 is 13.8. The van der Waals surface area contributed by atoms with Crippen LogP contribution in [0.4, 0.5) is 15.8 Å². The van der Waals surface area contributed by atoms with E-state index in [4.69, 9.17) is 0 Å². The highest BCUT2D eigenvalue weighted by molar-refractivity contribution is 6.01. The summed E-state index contributed by atoms with van der Waals surface area (Å²) >= 11 is 0. The molecule has 212 valence electrons. The number of carboxylic acids is 1. The minimum atomic E-state index is -1.00. The van der Waals surface area contributed by atoms with Crippen molar-refractivity contribution in [2.45, 2.75) is 37.8 Å². The first-order chi connectivity index (χ1) is 19.8. The van der Waals surface area contributed by atoms with Crippen molar-refractivity contribution in [3.63, 3.8) is 0 Å². The molecule has 3 aromatic rings. The predicted molar refractivity (Wildman–Crippen MR) is 153 cm³/mol. The Balaban J connectivity index is 1.14. The Hall–Kier alpha value is -4.24. The van der Waals surface area contributed by atoms with Crippen LogP contribution in [-0.2, 0) is 22.6 Å². The van der Waals surface area contributed by atoms with Gasteiger partial charge in [-0.05, 0) is 79.4 Å². The van der Waals surface area contributed by atoms with Crippen LogP contribution in [0.2, 0.25) is 0 Å². The van der Waals surface area contributed by atoms with Crippen LogP contribution in [0.25, 0.3) is 0 Å². The molecule has 8 nitrogen and oxygen atoms in total. The second kappa shape index (κ2) is 11.0. The zero-order valence-corrected chi connectivity index (χ0v) is 22.8. The van der Waals surface area contributed by atoms with E-state index in [1.54, 1.807) is 29.2 Å². The second-order valence-electron chi connectivity index (χ2n) is 11.1. The molecule has 3 heterocycles. The van der Waals surface area contributed by atoms with Gasteiger partial charge in [-0.15, -0.1) is 0 Å². The number of hydrogen-bond acceptors (Lipinski definition) is 5. The lowest BCUT2D eigenvalue weighted by atomic mass is 9.85. The number of halogens is 1. The van der Waals surface area contributed by atoms with Gasteiger partial charge in [-0.3, -0.25) is 9.59 Å². The third-order valence-corrected chi connectivity index (χ3v) is 8.66. The van der Waals surface area contributed by atoms with Crippen LogP contribution in [0, 0.1) is 5.82 Å². The first kappa shape index (κ1) is 27.0. The van der Waals surface area contributed by atoms with Crippen LogP contribution in [0.1, 0.15) is 40.7 Å². The molecule has 9 heteroatoms. The van der Waals surface area contributed by atoms with Crippen LogP contribution in [0.3, 0.4) is 0 Å². The average Bonchev–Trinajstić information content (AvgIpc) is 3.43. The van der Waals surface area contributed by atoms with Crippen LogP contribution in [0.15, 0.2) is 72.8 Å². The van der Waals surface area contributed by atoms with Gasteiger partial charge >= 0.3 is 5.97 Å². The maximum atomic E-state index is 14.0. The predicted octanol–water partition coefficient (Wildman–Crippen LogP) is 4.14. The largest absolute Gasteiger partial charge is 0.478 e. The lowest BCUT2D eigenvalue weighted by Gasteiger charge is -2.43. The minimum Gasteiger partial charge on any atom is -0.478 e. The highest BCUT2D eigenvalue weighted by Crippen LogP contribution is 2.40. The third-order valence-electron chi connectivity index (χ3n) is 8.66. The van der Waals surface area contributed by atoms with Gasteiger partial charge in [0.25, 0.3) is 0 Å². The van der Waals surface area contributed by atoms with E-state index in [0.717, 1.165) is 48.6 Å². The van der Waals surface area contributed by atoms with E-state index in [9.17, 15) is 23.9 Å². The second-order valence-corrected chi connectivity index (χ2v) is 11.1. The van der Waals surface area contributed by atoms with E-state index in [2.05, 4.69) is 9.80 Å². The number of carbonyl (C=O) groups excluding carboxylic acids is 2. The summed E-state index contributed by atoms with van der Waals surface area (Å²) in [6, 6.07) is 20.9. The first-order valence-corrected chi connectivity index (χ1v) is 14.1. The maximum Gasteiger partial charge on any atom is 0.335 e. The molecule has 0 aromatic heterocycles. The van der Waals surface area contributed by atoms with Crippen molar-refractivity contribution in [1.29, 1.82) is 0 Å². The molecule has 2 fully saturated rings. The van der Waals surface area contributed by atoms with E-state index in [1.807, 2.05) is 35.2 Å². The highest BCUT2D eigenvalue weighted by Gasteiger charge is 2.53. The number of nitrogens with zero attached hydrogens (tertiary/aromatic N) is 4. The number of carbonyl (C=O) groups is 3. The summed E-state index contributed by atoms with van der Waals surface area (Å²) in [6.45, 7) is 3.61. The quantitative estimate of drug-likeness (QED) is 0.449. The standard InChI is InChI=1S/C32H33FN4O4/c33-26-9-11-27(12-10-26)37-22-35(21-23-5-3-7-25(19-23)30(39)40)31(41)32(37)13-17-34(18-14-32)15-4-16-36-28-8-2-1-6-24(28)20-29(36)38/h1-3,5-12,19H,4,13-18,20-22H2,(H,39,40). The molecule has 0 atom stereocenters. The molecule has 3 aliphatic heterocycles. The minimum absolute atomic E-state index is 0.0153. The summed E-state index contributed by atoms with van der Waals surface area (Å²) in [5.41, 5.74) is 3.08. The van der Waals surface area contributed by atoms with Crippen LogP contribution < -0.4 is 9.80 Å². The number of fused-ring (bicyclic) bond motifs is 1. The third kappa shape index (κ3) is 5.17. The summed E-state index contributed by atoms with van der Waals surface area (Å²) in [7, 11) is 0. The van der Waals surface area contributed by atoms with Gasteiger partial charge in [0.05, 0.1) is 18.7 Å². The highest BCUT2D eigenvalue weighted by atomic mass is 19.1. The van der Waals surface area contributed by atoms with E-state index < -0.39 is 11.5 Å². The van der Waals surface area contributed by atoms with Crippen molar-refractivity contribution in [2.24, 2.45) is 0 Å². The number of para-hydroxylation sites is 1. The van der Waals surface area contributed by atoms with Crippen molar-refractivity contribution in [1.82, 2.24) is 9.80 Å². The molecule has 0 aliphatic carbocycles. The summed E-state index contributed by atoms with van der Waals surface area (Å²) in [5.74, 6) is -1.18. The van der Waals surface area contributed by atoms with Gasteiger partial charge in [0, 0.05) is 37.6 Å². The Morgan fingerprint density at radius 2 is 1.68 bits per heavy atom. The van der Waals surface area contributed by atoms with Crippen LogP contribution >= 0.6 is 0 Å². The smallest absolute Gasteiger partial charge is 0.335 e. The number of likely N-dealkylation sites (tertiary alicyclic amines) is 1. The van der Waals surface area contributed by atoms with E-state index in [-0.39, 0.29) is 23.2 Å². The molecule has 0 saturated carbocycles. The van der Waals surface area contributed by atoms with Gasteiger partial charge < -0.3 is 24.7 Å². The fraction of sp³-hybridized carbons (Fsp3) is 0.344. The lowest BCUT2D eigenvalue weighted by molar-refractivity contribution is -0.134. The van der Waals surface area contributed by atoms with Crippen molar-refractivity contribution < 1.29 is 23.9 Å². The van der Waals surface area contributed by atoms with Gasteiger partial charge in [-0.1, -0.05) is 30.3 Å². The number of rotatable bonds is 8. The zero-order valence-electron chi connectivity index (χ0n) is 22.8. The van der Waals surface area contributed by atoms with Crippen molar-refractivity contribution in [3.05, 3.63) is 95.3 Å². The Labute approximate surface area is 238 Å². The zero-order chi connectivity index (χ0) is 28.6. The normalized spacial score (nSPS) is 18.4. The molecule has 3 aromatic carbocycles. The Kier molecular flexibility index (Phi) is 7.21. The van der Waals surface area contributed by atoms with Gasteiger partial charge in [-0.25, -0.2) is 9.18 Å². The number of anilines is 2. The number of aromatic carboxylic acids is 1. The molecule has 0 radical (unpaired) electrons. The molecular weight excluding hydrogens is 523 g/mol. The molecular formula is C32H33FN4O4. The monoisotopic (exact) mass is 556 g/mol. The molecule has 1 N–H and O–H groups in total. The Morgan fingerprint density at radius 1 is 0.927 bits per heavy atom. The van der Waals surface area contributed by atoms with E-state index in [0.29, 0.717) is 39.0 Å². The van der Waals surface area contributed by atoms with E-state index >= 15 is 0 Å². The summed E-state index contributed by atoms with van der Waals surface area (Å²) in [4.78, 5) is 46.1. The fourth-order valence-corrected chi connectivity index (χ4v) is 6.52. The van der Waals surface area contributed by atoms with Crippen molar-refractivity contribution in [3.8, 4) is 0 Å². The Bertz CT molecular complexity index is 1470. The number of benzene rings is 3. The van der Waals surface area contributed by atoms with Crippen LogP contribution in [-0.4, -0.2) is 71.1 Å². The number of amides is 2. The molecule has 2 amide bonds. The molecule has 1 spiro atoms. The number of carboxylic acid groups (broad SMARTS) is 1. The lowest BCUT2D eigenvalue weighted by Crippen LogP contribution is -2.56. The fourth-order valence-electron chi connectivity index (χ4n) is 6.52. The molecule has 6 rings (SSSR count). The maximum absolute atomic E-state index is 14.0. The van der Waals surface area contributed by atoms with Gasteiger partial charge in [0.15, 0.2) is 0 Å². The molecule has 0 bridgehead atoms. The van der Waals surface area contributed by atoms with Crippen LogP contribution in [0.5, 0.6) is 0 Å². The average molecular weight is 557 g/mol. The molecule has 2 saturated heterocycles. The van der Waals surface area contributed by atoms with Gasteiger partial charge in [0.2, 0.25) is 11.8 Å². The first-order valence-electron chi connectivity index (χ1n) is 14.1. The number of piperidine rings is 1. The Morgan fingerprint density at radius 3 is 2.44 bits per heavy atom. The molecule has 41 heavy (non-hydrogen) atoms. The van der Waals surface area contributed by atoms with E-state index in [1.165, 1.54) is 18.2 Å². The number of hydrogen-bond donors (Lipinski definition) is 1. The summed E-state index contributed by atoms with van der Waals surface area (Å²) in [6.07, 6.45) is 2.55. The summed E-state index contributed by atoms with van der Waals surface area (Å²) in [5, 5.41) is 9.39. The van der Waals surface area contributed by atoms with Crippen molar-refractivity contribution >= 4 is 29.2 Å². The SMILES string of the molecule is O=C(O)c1cccc(CN2CN(c3ccc(F)cc3)C3(CCN(CCCN4C(=O)Cc5ccccc54)CC3)C2=O)c1. The van der Waals surface area contributed by atoms with Gasteiger partial charge in [0.1, 0.15) is 11.4 Å².